The summed E-state index contributed by atoms with van der Waals surface area (Å²) >= 11 is 0. The minimum atomic E-state index is -0.532. The second-order valence-electron chi connectivity index (χ2n) is 6.99. The van der Waals surface area contributed by atoms with Gasteiger partial charge < -0.3 is 20.1 Å². The van der Waals surface area contributed by atoms with Gasteiger partial charge in [0.05, 0.1) is 5.69 Å². The van der Waals surface area contributed by atoms with Crippen LogP contribution in [0.15, 0.2) is 36.4 Å². The van der Waals surface area contributed by atoms with Crippen LogP contribution in [0.4, 0.5) is 11.4 Å². The Hall–Kier alpha value is -3.02. The number of carbonyl (C=O) groups excluding carboxylic acids is 2. The highest BCUT2D eigenvalue weighted by molar-refractivity contribution is 5.99. The van der Waals surface area contributed by atoms with Crippen LogP contribution in [0, 0.1) is 6.92 Å². The van der Waals surface area contributed by atoms with Gasteiger partial charge in [-0.05, 0) is 55.2 Å². The van der Waals surface area contributed by atoms with Crippen LogP contribution >= 0.6 is 0 Å². The average Bonchev–Trinajstić information content (AvgIpc) is 2.61. The van der Waals surface area contributed by atoms with Crippen LogP contribution in [0.3, 0.4) is 0 Å². The lowest BCUT2D eigenvalue weighted by Crippen LogP contribution is -2.34. The third-order valence-corrected chi connectivity index (χ3v) is 4.34. The van der Waals surface area contributed by atoms with Crippen molar-refractivity contribution in [2.24, 2.45) is 0 Å². The molecule has 27 heavy (non-hydrogen) atoms. The van der Waals surface area contributed by atoms with E-state index in [1.165, 1.54) is 0 Å². The normalized spacial score (nSPS) is 15.6. The number of amides is 2. The highest BCUT2D eigenvalue weighted by Crippen LogP contribution is 2.32. The molecule has 142 valence electrons. The molecule has 0 aliphatic carbocycles. The second kappa shape index (κ2) is 7.70. The number of carbonyl (C=O) groups is 2. The van der Waals surface area contributed by atoms with E-state index in [1.54, 1.807) is 25.1 Å². The van der Waals surface area contributed by atoms with Gasteiger partial charge in [-0.25, -0.2) is 0 Å². The molecule has 2 aromatic carbocycles. The Morgan fingerprint density at radius 2 is 2.04 bits per heavy atom. The number of nitrogens with one attached hydrogen (secondary N) is 2. The third kappa shape index (κ3) is 4.39. The van der Waals surface area contributed by atoms with Crippen LogP contribution < -0.4 is 20.1 Å². The van der Waals surface area contributed by atoms with Gasteiger partial charge in [0.2, 0.25) is 0 Å². The molecule has 0 radical (unpaired) electrons. The van der Waals surface area contributed by atoms with E-state index < -0.39 is 6.10 Å². The quantitative estimate of drug-likeness (QED) is 0.840. The smallest absolute Gasteiger partial charge is 0.265 e. The maximum Gasteiger partial charge on any atom is 0.265 e. The van der Waals surface area contributed by atoms with Crippen molar-refractivity contribution in [1.29, 1.82) is 0 Å². The van der Waals surface area contributed by atoms with E-state index in [0.717, 1.165) is 16.9 Å². The summed E-state index contributed by atoms with van der Waals surface area (Å²) in [5.74, 6) is 1.12. The van der Waals surface area contributed by atoms with E-state index in [0.29, 0.717) is 23.0 Å². The zero-order valence-electron chi connectivity index (χ0n) is 16.0. The minimum Gasteiger partial charge on any atom is -0.483 e. The molecule has 0 saturated heterocycles. The highest BCUT2D eigenvalue weighted by atomic mass is 16.5. The molecule has 6 heteroatoms. The molecule has 1 heterocycles. The van der Waals surface area contributed by atoms with Crippen molar-refractivity contribution in [3.63, 3.8) is 0 Å². The summed E-state index contributed by atoms with van der Waals surface area (Å²) in [4.78, 5) is 24.0. The van der Waals surface area contributed by atoms with E-state index in [-0.39, 0.29) is 18.4 Å². The van der Waals surface area contributed by atoms with Gasteiger partial charge in [0.1, 0.15) is 11.5 Å². The summed E-state index contributed by atoms with van der Waals surface area (Å²) in [6, 6.07) is 11.1. The largest absolute Gasteiger partial charge is 0.483 e. The maximum absolute atomic E-state index is 12.3. The van der Waals surface area contributed by atoms with Gasteiger partial charge in [0, 0.05) is 5.69 Å². The van der Waals surface area contributed by atoms with Gasteiger partial charge in [0.25, 0.3) is 11.8 Å². The molecule has 6 nitrogen and oxygen atoms in total. The first-order valence-electron chi connectivity index (χ1n) is 8.98. The van der Waals surface area contributed by atoms with Gasteiger partial charge >= 0.3 is 0 Å². The molecular formula is C21H24N2O4. The van der Waals surface area contributed by atoms with Crippen molar-refractivity contribution in [3.8, 4) is 11.5 Å². The molecule has 0 saturated carbocycles. The standard InChI is InChI=1S/C21H24N2O4/c1-12(2)16-7-5-13(3)9-19(16)26-11-20(24)22-15-6-8-18-17(10-15)23-21(25)14(4)27-18/h5-10,12,14H,11H2,1-4H3,(H,22,24)(H,23,25)/t14-/m1/s1. The van der Waals surface area contributed by atoms with Crippen LogP contribution in [-0.4, -0.2) is 24.5 Å². The monoisotopic (exact) mass is 368 g/mol. The maximum atomic E-state index is 12.3. The number of anilines is 2. The van der Waals surface area contributed by atoms with Crippen molar-refractivity contribution < 1.29 is 19.1 Å². The second-order valence-corrected chi connectivity index (χ2v) is 6.99. The Labute approximate surface area is 158 Å². The van der Waals surface area contributed by atoms with E-state index >= 15 is 0 Å². The topological polar surface area (TPSA) is 76.7 Å². The molecule has 3 rings (SSSR count). The molecule has 0 spiro atoms. The van der Waals surface area contributed by atoms with Gasteiger partial charge in [-0.1, -0.05) is 26.0 Å². The van der Waals surface area contributed by atoms with Crippen molar-refractivity contribution in [2.75, 3.05) is 17.2 Å². The number of ether oxygens (including phenoxy) is 2. The number of hydrogen-bond acceptors (Lipinski definition) is 4. The van der Waals surface area contributed by atoms with Gasteiger partial charge in [-0.15, -0.1) is 0 Å². The van der Waals surface area contributed by atoms with Crippen LogP contribution in [0.25, 0.3) is 0 Å². The lowest BCUT2D eigenvalue weighted by Gasteiger charge is -2.23. The Morgan fingerprint density at radius 1 is 1.26 bits per heavy atom. The number of rotatable bonds is 5. The zero-order valence-corrected chi connectivity index (χ0v) is 16.0. The lowest BCUT2D eigenvalue weighted by molar-refractivity contribution is -0.122. The molecule has 0 bridgehead atoms. The number of fused-ring (bicyclic) bond motifs is 1. The molecule has 2 N–H and O–H groups in total. The summed E-state index contributed by atoms with van der Waals surface area (Å²) < 4.78 is 11.3. The van der Waals surface area contributed by atoms with E-state index in [1.807, 2.05) is 25.1 Å². The molecule has 0 fully saturated rings. The summed E-state index contributed by atoms with van der Waals surface area (Å²) in [6.45, 7) is 7.74. The van der Waals surface area contributed by atoms with Crippen molar-refractivity contribution in [2.45, 2.75) is 39.7 Å². The number of hydrogen-bond donors (Lipinski definition) is 2. The van der Waals surface area contributed by atoms with Crippen molar-refractivity contribution in [3.05, 3.63) is 47.5 Å². The third-order valence-electron chi connectivity index (χ3n) is 4.34. The van der Waals surface area contributed by atoms with E-state index in [4.69, 9.17) is 9.47 Å². The fourth-order valence-electron chi connectivity index (χ4n) is 2.87. The zero-order chi connectivity index (χ0) is 19.6. The van der Waals surface area contributed by atoms with E-state index in [2.05, 4.69) is 24.5 Å². The number of aryl methyl sites for hydroxylation is 1. The summed E-state index contributed by atoms with van der Waals surface area (Å²) in [7, 11) is 0. The SMILES string of the molecule is Cc1ccc(C(C)C)c(OCC(=O)Nc2ccc3c(c2)NC(=O)[C@@H](C)O3)c1. The first-order chi connectivity index (χ1) is 12.8. The predicted molar refractivity (Wildman–Crippen MR) is 105 cm³/mol. The average molecular weight is 368 g/mol. The molecule has 1 aliphatic rings. The van der Waals surface area contributed by atoms with Crippen LogP contribution in [-0.2, 0) is 9.59 Å². The Balaban J connectivity index is 1.65. The summed E-state index contributed by atoms with van der Waals surface area (Å²) in [5.41, 5.74) is 3.25. The molecule has 0 unspecified atom stereocenters. The fourth-order valence-corrected chi connectivity index (χ4v) is 2.87. The Bertz CT molecular complexity index is 876. The first-order valence-corrected chi connectivity index (χ1v) is 8.98. The predicted octanol–water partition coefficient (Wildman–Crippen LogP) is 3.86. The van der Waals surface area contributed by atoms with Gasteiger partial charge in [-0.3, -0.25) is 9.59 Å². The van der Waals surface area contributed by atoms with Crippen LogP contribution in [0.1, 0.15) is 37.8 Å². The van der Waals surface area contributed by atoms with Gasteiger partial charge in [0.15, 0.2) is 12.7 Å². The van der Waals surface area contributed by atoms with Gasteiger partial charge in [-0.2, -0.15) is 0 Å². The summed E-state index contributed by atoms with van der Waals surface area (Å²) in [5, 5.41) is 5.54. The van der Waals surface area contributed by atoms with E-state index in [9.17, 15) is 9.59 Å². The Kier molecular flexibility index (Phi) is 5.35. The molecule has 2 amide bonds. The number of benzene rings is 2. The van der Waals surface area contributed by atoms with Crippen LogP contribution in [0.5, 0.6) is 11.5 Å². The molecular weight excluding hydrogens is 344 g/mol. The van der Waals surface area contributed by atoms with Crippen LogP contribution in [0.2, 0.25) is 0 Å². The van der Waals surface area contributed by atoms with Crippen molar-refractivity contribution in [1.82, 2.24) is 0 Å². The lowest BCUT2D eigenvalue weighted by atomic mass is 10.0. The van der Waals surface area contributed by atoms with Crippen molar-refractivity contribution >= 4 is 23.2 Å². The molecule has 1 atom stereocenters. The first kappa shape index (κ1) is 18.8. The Morgan fingerprint density at radius 3 is 2.78 bits per heavy atom. The highest BCUT2D eigenvalue weighted by Gasteiger charge is 2.23. The summed E-state index contributed by atoms with van der Waals surface area (Å²) in [6.07, 6.45) is -0.532. The molecule has 2 aromatic rings. The molecule has 1 aliphatic heterocycles. The molecule has 0 aromatic heterocycles. The fraction of sp³-hybridized carbons (Fsp3) is 0.333. The minimum absolute atomic E-state index is 0.0971.